The first kappa shape index (κ1) is 13.4. The van der Waals surface area contributed by atoms with Crippen LogP contribution < -0.4 is 0 Å². The molecule has 0 atom stereocenters. The van der Waals surface area contributed by atoms with E-state index in [9.17, 15) is 0 Å². The Morgan fingerprint density at radius 3 is 2.77 bits per heavy atom. The summed E-state index contributed by atoms with van der Waals surface area (Å²) in [6.07, 6.45) is 3.56. The molecule has 0 bridgehead atoms. The van der Waals surface area contributed by atoms with Crippen LogP contribution in [0.5, 0.6) is 0 Å². The molecular formula is C14H14N6OS. The number of para-hydroxylation sites is 1. The third-order valence-corrected chi connectivity index (χ3v) is 4.46. The summed E-state index contributed by atoms with van der Waals surface area (Å²) in [6.45, 7) is 0. The lowest BCUT2D eigenvalue weighted by Gasteiger charge is -2.20. The minimum atomic E-state index is 0.457. The number of hydrogen-bond acceptors (Lipinski definition) is 7. The quantitative estimate of drug-likeness (QED) is 0.669. The molecule has 3 aromatic rings. The maximum atomic E-state index is 5.66. The summed E-state index contributed by atoms with van der Waals surface area (Å²) in [5, 5.41) is 21.2. The standard InChI is InChI=1S/C14H14N6OS/c1-2-7-11(8-3-1)20-18-12(15-19-20)9-22-14-17-16-13(21-14)10-5-4-6-10/h1-3,7-8,10H,4-6,9H2. The van der Waals surface area contributed by atoms with Gasteiger partial charge in [-0.2, -0.15) is 0 Å². The predicted molar refractivity (Wildman–Crippen MR) is 79.6 cm³/mol. The van der Waals surface area contributed by atoms with Crippen molar-refractivity contribution in [3.8, 4) is 5.69 Å². The van der Waals surface area contributed by atoms with Gasteiger partial charge in [-0.3, -0.25) is 0 Å². The topological polar surface area (TPSA) is 82.5 Å². The molecule has 2 aromatic heterocycles. The van der Waals surface area contributed by atoms with E-state index in [1.54, 1.807) is 0 Å². The number of rotatable bonds is 5. The van der Waals surface area contributed by atoms with Gasteiger partial charge in [-0.05, 0) is 30.2 Å². The van der Waals surface area contributed by atoms with Crippen LogP contribution in [-0.2, 0) is 5.75 Å². The zero-order chi connectivity index (χ0) is 14.8. The molecule has 2 heterocycles. The lowest BCUT2D eigenvalue weighted by molar-refractivity contribution is 0.310. The Morgan fingerprint density at radius 2 is 2.00 bits per heavy atom. The Labute approximate surface area is 131 Å². The fraction of sp³-hybridized carbons (Fsp3) is 0.357. The molecular weight excluding hydrogens is 300 g/mol. The van der Waals surface area contributed by atoms with Crippen molar-refractivity contribution < 1.29 is 4.42 Å². The van der Waals surface area contributed by atoms with E-state index in [2.05, 4.69) is 25.6 Å². The van der Waals surface area contributed by atoms with Gasteiger partial charge in [0, 0.05) is 5.92 Å². The summed E-state index contributed by atoms with van der Waals surface area (Å²) in [4.78, 5) is 1.52. The van der Waals surface area contributed by atoms with Gasteiger partial charge in [-0.1, -0.05) is 36.4 Å². The molecule has 1 aliphatic rings. The predicted octanol–water partition coefficient (Wildman–Crippen LogP) is 2.61. The average Bonchev–Trinajstić information content (AvgIpc) is 3.14. The van der Waals surface area contributed by atoms with Crippen molar-refractivity contribution in [1.82, 2.24) is 30.4 Å². The van der Waals surface area contributed by atoms with Crippen molar-refractivity contribution in [2.24, 2.45) is 0 Å². The van der Waals surface area contributed by atoms with Gasteiger partial charge >= 0.3 is 0 Å². The number of aromatic nitrogens is 6. The SMILES string of the molecule is c1ccc(-n2nnc(CSc3nnc(C4CCC4)o3)n2)cc1. The number of thioether (sulfide) groups is 1. The van der Waals surface area contributed by atoms with Gasteiger partial charge in [0.15, 0.2) is 5.82 Å². The highest BCUT2D eigenvalue weighted by atomic mass is 32.2. The minimum Gasteiger partial charge on any atom is -0.416 e. The van der Waals surface area contributed by atoms with Crippen LogP contribution in [-0.4, -0.2) is 30.4 Å². The Hall–Kier alpha value is -2.22. The third-order valence-electron chi connectivity index (χ3n) is 3.64. The van der Waals surface area contributed by atoms with Gasteiger partial charge < -0.3 is 4.42 Å². The maximum absolute atomic E-state index is 5.66. The lowest BCUT2D eigenvalue weighted by Crippen LogP contribution is -2.08. The molecule has 8 heteroatoms. The average molecular weight is 314 g/mol. The van der Waals surface area contributed by atoms with Crippen molar-refractivity contribution in [2.75, 3.05) is 0 Å². The molecule has 4 rings (SSSR count). The first-order chi connectivity index (χ1) is 10.9. The molecule has 0 unspecified atom stereocenters. The van der Waals surface area contributed by atoms with Crippen LogP contribution in [0.15, 0.2) is 40.0 Å². The number of hydrogen-bond donors (Lipinski definition) is 0. The van der Waals surface area contributed by atoms with E-state index in [1.807, 2.05) is 30.3 Å². The van der Waals surface area contributed by atoms with Gasteiger partial charge in [-0.25, -0.2) is 0 Å². The molecule has 0 radical (unpaired) electrons. The fourth-order valence-corrected chi connectivity index (χ4v) is 2.81. The Balaban J connectivity index is 1.39. The van der Waals surface area contributed by atoms with Crippen LogP contribution in [0.3, 0.4) is 0 Å². The first-order valence-corrected chi connectivity index (χ1v) is 8.17. The molecule has 1 saturated carbocycles. The van der Waals surface area contributed by atoms with Gasteiger partial charge in [0.25, 0.3) is 5.22 Å². The molecule has 0 spiro atoms. The Kier molecular flexibility index (Phi) is 3.59. The van der Waals surface area contributed by atoms with E-state index >= 15 is 0 Å². The highest BCUT2D eigenvalue weighted by Crippen LogP contribution is 2.36. The molecule has 0 saturated heterocycles. The summed E-state index contributed by atoms with van der Waals surface area (Å²) >= 11 is 1.44. The van der Waals surface area contributed by atoms with Crippen molar-refractivity contribution in [3.63, 3.8) is 0 Å². The molecule has 0 amide bonds. The van der Waals surface area contributed by atoms with Gasteiger partial charge in [0.1, 0.15) is 0 Å². The monoisotopic (exact) mass is 314 g/mol. The highest BCUT2D eigenvalue weighted by molar-refractivity contribution is 7.98. The summed E-state index contributed by atoms with van der Waals surface area (Å²) in [5.41, 5.74) is 0.885. The van der Waals surface area contributed by atoms with Crippen LogP contribution >= 0.6 is 11.8 Å². The van der Waals surface area contributed by atoms with Gasteiger partial charge in [0.2, 0.25) is 5.89 Å². The lowest BCUT2D eigenvalue weighted by atomic mass is 9.85. The van der Waals surface area contributed by atoms with E-state index in [0.717, 1.165) is 24.4 Å². The molecule has 0 aliphatic heterocycles. The van der Waals surface area contributed by atoms with Crippen molar-refractivity contribution in [3.05, 3.63) is 42.0 Å². The van der Waals surface area contributed by atoms with E-state index in [4.69, 9.17) is 4.42 Å². The van der Waals surface area contributed by atoms with E-state index < -0.39 is 0 Å². The van der Waals surface area contributed by atoms with Gasteiger partial charge in [-0.15, -0.1) is 25.2 Å². The van der Waals surface area contributed by atoms with E-state index in [1.165, 1.54) is 23.0 Å². The minimum absolute atomic E-state index is 0.457. The zero-order valence-electron chi connectivity index (χ0n) is 11.8. The van der Waals surface area contributed by atoms with Crippen molar-refractivity contribution in [1.29, 1.82) is 0 Å². The van der Waals surface area contributed by atoms with Crippen molar-refractivity contribution >= 4 is 11.8 Å². The number of benzene rings is 1. The van der Waals surface area contributed by atoms with Crippen molar-refractivity contribution in [2.45, 2.75) is 36.2 Å². The summed E-state index contributed by atoms with van der Waals surface area (Å²) < 4.78 is 5.66. The third kappa shape index (κ3) is 2.74. The molecule has 22 heavy (non-hydrogen) atoms. The maximum Gasteiger partial charge on any atom is 0.277 e. The zero-order valence-corrected chi connectivity index (χ0v) is 12.6. The molecule has 1 aliphatic carbocycles. The highest BCUT2D eigenvalue weighted by Gasteiger charge is 2.25. The van der Waals surface area contributed by atoms with Crippen LogP contribution in [0.2, 0.25) is 0 Å². The van der Waals surface area contributed by atoms with Gasteiger partial charge in [0.05, 0.1) is 11.4 Å². The fourth-order valence-electron chi connectivity index (χ4n) is 2.20. The van der Waals surface area contributed by atoms with Crippen LogP contribution in [0.25, 0.3) is 5.69 Å². The van der Waals surface area contributed by atoms with E-state index in [-0.39, 0.29) is 0 Å². The second kappa shape index (κ2) is 5.88. The molecule has 112 valence electrons. The summed E-state index contributed by atoms with van der Waals surface area (Å²) in [5.74, 6) is 2.41. The van der Waals surface area contributed by atoms with E-state index in [0.29, 0.717) is 22.7 Å². The number of nitrogens with zero attached hydrogens (tertiary/aromatic N) is 6. The second-order valence-electron chi connectivity index (χ2n) is 5.15. The molecule has 0 N–H and O–H groups in total. The Bertz CT molecular complexity index is 752. The van der Waals surface area contributed by atoms with Crippen LogP contribution in [0.4, 0.5) is 0 Å². The summed E-state index contributed by atoms with van der Waals surface area (Å²) in [6, 6.07) is 9.69. The smallest absolute Gasteiger partial charge is 0.277 e. The number of tetrazole rings is 1. The first-order valence-electron chi connectivity index (χ1n) is 7.19. The molecule has 1 fully saturated rings. The molecule has 1 aromatic carbocycles. The molecule has 7 nitrogen and oxygen atoms in total. The second-order valence-corrected chi connectivity index (χ2v) is 6.08. The largest absolute Gasteiger partial charge is 0.416 e. The summed E-state index contributed by atoms with van der Waals surface area (Å²) in [7, 11) is 0. The Morgan fingerprint density at radius 1 is 1.14 bits per heavy atom. The van der Waals surface area contributed by atoms with Crippen LogP contribution in [0, 0.1) is 0 Å². The van der Waals surface area contributed by atoms with Crippen LogP contribution in [0.1, 0.15) is 36.9 Å². The normalized spacial score (nSPS) is 14.9.